The number of rotatable bonds is 8. The molecule has 0 spiro atoms. The molecule has 8 heteroatoms. The summed E-state index contributed by atoms with van der Waals surface area (Å²) in [5, 5.41) is 12.0. The van der Waals surface area contributed by atoms with E-state index in [9.17, 15) is 9.59 Å². The van der Waals surface area contributed by atoms with Crippen LogP contribution in [-0.4, -0.2) is 58.0 Å². The second kappa shape index (κ2) is 10.3. The number of aryl methyl sites for hydroxylation is 2. The summed E-state index contributed by atoms with van der Waals surface area (Å²) in [6.45, 7) is 2.35. The van der Waals surface area contributed by atoms with Gasteiger partial charge in [-0.3, -0.25) is 9.59 Å². The average Bonchev–Trinajstić information content (AvgIpc) is 3.50. The molecule has 1 fully saturated rings. The van der Waals surface area contributed by atoms with E-state index in [1.807, 2.05) is 44.8 Å². The van der Waals surface area contributed by atoms with Crippen molar-refractivity contribution in [1.82, 2.24) is 20.0 Å². The third-order valence-corrected chi connectivity index (χ3v) is 6.15. The Morgan fingerprint density at radius 1 is 0.903 bits per heavy atom. The summed E-state index contributed by atoms with van der Waals surface area (Å²) in [5.74, 6) is 1.20. The summed E-state index contributed by atoms with van der Waals surface area (Å²) in [6, 6.07) is 12.1. The first kappa shape index (κ1) is 21.2. The van der Waals surface area contributed by atoms with Gasteiger partial charge >= 0.3 is 0 Å². The number of piperazine rings is 1. The number of carbonyl (C=O) groups excluding carboxylic acids is 2. The highest BCUT2D eigenvalue weighted by Crippen LogP contribution is 2.21. The molecule has 0 unspecified atom stereocenters. The van der Waals surface area contributed by atoms with Crippen molar-refractivity contribution in [2.75, 3.05) is 26.2 Å². The third kappa shape index (κ3) is 5.79. The molecular formula is C23H26N4O3S. The van der Waals surface area contributed by atoms with Crippen LogP contribution in [0, 0.1) is 0 Å². The fraction of sp³-hybridized carbons (Fsp3) is 0.391. The van der Waals surface area contributed by atoms with E-state index < -0.39 is 0 Å². The summed E-state index contributed by atoms with van der Waals surface area (Å²) >= 11 is 1.57. The zero-order valence-corrected chi connectivity index (χ0v) is 18.2. The Balaban J connectivity index is 1.16. The lowest BCUT2D eigenvalue weighted by Gasteiger charge is -2.35. The molecule has 2 aromatic heterocycles. The minimum Gasteiger partial charge on any atom is -0.421 e. The van der Waals surface area contributed by atoms with Crippen LogP contribution in [0.1, 0.15) is 30.7 Å². The van der Waals surface area contributed by atoms with Gasteiger partial charge in [0.2, 0.25) is 23.6 Å². The lowest BCUT2D eigenvalue weighted by atomic mass is 10.1. The van der Waals surface area contributed by atoms with Crippen LogP contribution in [0.2, 0.25) is 0 Å². The van der Waals surface area contributed by atoms with E-state index in [2.05, 4.69) is 22.3 Å². The molecule has 1 aliphatic heterocycles. The topological polar surface area (TPSA) is 79.5 Å². The Bertz CT molecular complexity index is 979. The minimum atomic E-state index is 0.0615. The Hall–Kier alpha value is -3.00. The molecule has 0 N–H and O–H groups in total. The first-order valence-electron chi connectivity index (χ1n) is 10.6. The lowest BCUT2D eigenvalue weighted by molar-refractivity contribution is -0.139. The summed E-state index contributed by atoms with van der Waals surface area (Å²) in [4.78, 5) is 28.7. The molecule has 31 heavy (non-hydrogen) atoms. The fourth-order valence-electron chi connectivity index (χ4n) is 3.68. The van der Waals surface area contributed by atoms with Crippen LogP contribution in [-0.2, 0) is 22.4 Å². The molecule has 2 amide bonds. The normalized spacial score (nSPS) is 14.1. The van der Waals surface area contributed by atoms with Crippen LogP contribution < -0.4 is 0 Å². The monoisotopic (exact) mass is 438 g/mol. The van der Waals surface area contributed by atoms with E-state index in [4.69, 9.17) is 4.42 Å². The summed E-state index contributed by atoms with van der Waals surface area (Å²) in [5.41, 5.74) is 2.16. The van der Waals surface area contributed by atoms with Crippen LogP contribution in [0.3, 0.4) is 0 Å². The predicted octanol–water partition coefficient (Wildman–Crippen LogP) is 3.42. The maximum Gasteiger partial charge on any atom is 0.248 e. The van der Waals surface area contributed by atoms with Crippen LogP contribution >= 0.6 is 11.3 Å². The Kier molecular flexibility index (Phi) is 7.09. The Morgan fingerprint density at radius 3 is 2.29 bits per heavy atom. The maximum absolute atomic E-state index is 12.5. The molecule has 1 saturated heterocycles. The molecule has 3 heterocycles. The smallest absolute Gasteiger partial charge is 0.248 e. The molecule has 1 aromatic carbocycles. The number of benzene rings is 1. The van der Waals surface area contributed by atoms with E-state index >= 15 is 0 Å². The zero-order chi connectivity index (χ0) is 21.5. The number of aromatic nitrogens is 2. The summed E-state index contributed by atoms with van der Waals surface area (Å²) in [7, 11) is 0. The maximum atomic E-state index is 12.5. The number of carbonyl (C=O) groups is 2. The van der Waals surface area contributed by atoms with E-state index in [1.54, 1.807) is 11.3 Å². The highest BCUT2D eigenvalue weighted by molar-refractivity contribution is 7.08. The minimum absolute atomic E-state index is 0.0615. The van der Waals surface area contributed by atoms with Crippen molar-refractivity contribution in [3.8, 4) is 11.5 Å². The second-order valence-corrected chi connectivity index (χ2v) is 8.39. The van der Waals surface area contributed by atoms with Gasteiger partial charge in [0.15, 0.2) is 0 Å². The van der Waals surface area contributed by atoms with Crippen LogP contribution in [0.15, 0.2) is 51.6 Å². The molecule has 0 saturated carbocycles. The van der Waals surface area contributed by atoms with Gasteiger partial charge in [-0.2, -0.15) is 11.3 Å². The quantitative estimate of drug-likeness (QED) is 0.538. The number of nitrogens with zero attached hydrogens (tertiary/aromatic N) is 4. The zero-order valence-electron chi connectivity index (χ0n) is 17.4. The van der Waals surface area contributed by atoms with Crippen LogP contribution in [0.4, 0.5) is 0 Å². The van der Waals surface area contributed by atoms with Crippen molar-refractivity contribution in [2.24, 2.45) is 0 Å². The van der Waals surface area contributed by atoms with Gasteiger partial charge in [0.25, 0.3) is 0 Å². The number of amides is 2. The Labute approximate surface area is 185 Å². The van der Waals surface area contributed by atoms with Gasteiger partial charge in [0.1, 0.15) is 0 Å². The first-order valence-corrected chi connectivity index (χ1v) is 11.6. The van der Waals surface area contributed by atoms with Crippen molar-refractivity contribution in [3.05, 3.63) is 58.6 Å². The molecular weight excluding hydrogens is 412 g/mol. The average molecular weight is 439 g/mol. The van der Waals surface area contributed by atoms with E-state index in [0.29, 0.717) is 57.2 Å². The van der Waals surface area contributed by atoms with Gasteiger partial charge < -0.3 is 14.2 Å². The van der Waals surface area contributed by atoms with Gasteiger partial charge in [-0.25, -0.2) is 0 Å². The largest absolute Gasteiger partial charge is 0.421 e. The van der Waals surface area contributed by atoms with Crippen molar-refractivity contribution >= 4 is 23.2 Å². The summed E-state index contributed by atoms with van der Waals surface area (Å²) in [6.07, 6.45) is 3.06. The van der Waals surface area contributed by atoms with E-state index in [0.717, 1.165) is 18.4 Å². The lowest BCUT2D eigenvalue weighted by Crippen LogP contribution is -2.50. The molecule has 0 atom stereocenters. The van der Waals surface area contributed by atoms with Gasteiger partial charge in [-0.15, -0.1) is 10.2 Å². The van der Waals surface area contributed by atoms with Crippen molar-refractivity contribution in [3.63, 3.8) is 0 Å². The molecule has 162 valence electrons. The standard InChI is InChI=1S/C23H26N4O3S/c28-21(8-4-7-18-5-2-1-3-6-18)26-12-14-27(15-13-26)22(29)10-9-20-24-25-23(30-20)19-11-16-31-17-19/h1-3,5-6,11,16-17H,4,7-10,12-15H2. The third-order valence-electron chi connectivity index (χ3n) is 5.47. The van der Waals surface area contributed by atoms with Crippen molar-refractivity contribution in [1.29, 1.82) is 0 Å². The highest BCUT2D eigenvalue weighted by atomic mass is 32.1. The van der Waals surface area contributed by atoms with Crippen molar-refractivity contribution < 1.29 is 14.0 Å². The van der Waals surface area contributed by atoms with Crippen molar-refractivity contribution in [2.45, 2.75) is 32.1 Å². The SMILES string of the molecule is O=C(CCCc1ccccc1)N1CCN(C(=O)CCc2nnc(-c3ccsc3)o2)CC1. The molecule has 7 nitrogen and oxygen atoms in total. The molecule has 0 radical (unpaired) electrons. The van der Waals surface area contributed by atoms with Gasteiger partial charge in [0, 0.05) is 56.4 Å². The molecule has 0 aliphatic carbocycles. The number of hydrogen-bond acceptors (Lipinski definition) is 6. The first-order chi connectivity index (χ1) is 15.2. The van der Waals surface area contributed by atoms with Gasteiger partial charge in [-0.05, 0) is 29.9 Å². The fourth-order valence-corrected chi connectivity index (χ4v) is 4.31. The second-order valence-electron chi connectivity index (χ2n) is 7.61. The van der Waals surface area contributed by atoms with Crippen LogP contribution in [0.5, 0.6) is 0 Å². The van der Waals surface area contributed by atoms with E-state index in [1.165, 1.54) is 5.56 Å². The molecule has 4 rings (SSSR count). The summed E-state index contributed by atoms with van der Waals surface area (Å²) < 4.78 is 5.64. The molecule has 3 aromatic rings. The predicted molar refractivity (Wildman–Crippen MR) is 118 cm³/mol. The van der Waals surface area contributed by atoms with Gasteiger partial charge in [-0.1, -0.05) is 30.3 Å². The molecule has 1 aliphatic rings. The van der Waals surface area contributed by atoms with E-state index in [-0.39, 0.29) is 11.8 Å². The molecule has 0 bridgehead atoms. The van der Waals surface area contributed by atoms with Gasteiger partial charge in [0.05, 0.1) is 0 Å². The number of thiophene rings is 1. The highest BCUT2D eigenvalue weighted by Gasteiger charge is 2.24. The van der Waals surface area contributed by atoms with Crippen LogP contribution in [0.25, 0.3) is 11.5 Å². The number of hydrogen-bond donors (Lipinski definition) is 0. The Morgan fingerprint density at radius 2 is 1.61 bits per heavy atom.